The van der Waals surface area contributed by atoms with E-state index in [0.717, 1.165) is 0 Å². The Bertz CT molecular complexity index is 1090. The van der Waals surface area contributed by atoms with Crippen molar-refractivity contribution in [2.24, 2.45) is 7.05 Å². The van der Waals surface area contributed by atoms with Crippen molar-refractivity contribution in [1.82, 2.24) is 19.6 Å². The highest BCUT2D eigenvalue weighted by Gasteiger charge is 2.24. The lowest BCUT2D eigenvalue weighted by Crippen LogP contribution is -2.20. The van der Waals surface area contributed by atoms with Crippen molar-refractivity contribution in [1.29, 1.82) is 0 Å². The van der Waals surface area contributed by atoms with Gasteiger partial charge >= 0.3 is 5.82 Å². The Kier molecular flexibility index (Phi) is 5.73. The number of halogens is 1. The summed E-state index contributed by atoms with van der Waals surface area (Å²) in [5, 5.41) is 24.2. The standard InChI is InChI=1S/C17H16BrN7O4/c1-10-15(18)16(25(28)29)22-24(10)9-14(26)19-11-3-5-12(6-4-11)20-17(27)13-7-8-23(2)21-13/h3-8H,9H2,1-2H3,(H,19,26)(H,20,27). The molecule has 0 saturated heterocycles. The second-order valence-corrected chi connectivity index (χ2v) is 6.89. The number of aryl methyl sites for hydroxylation is 1. The molecular weight excluding hydrogens is 446 g/mol. The first kappa shape index (κ1) is 20.2. The highest BCUT2D eigenvalue weighted by molar-refractivity contribution is 9.10. The van der Waals surface area contributed by atoms with Gasteiger partial charge in [-0.2, -0.15) is 9.78 Å². The number of rotatable bonds is 6. The zero-order chi connectivity index (χ0) is 21.1. The van der Waals surface area contributed by atoms with Crippen molar-refractivity contribution < 1.29 is 14.5 Å². The summed E-state index contributed by atoms with van der Waals surface area (Å²) in [6.45, 7) is 1.44. The molecule has 2 N–H and O–H groups in total. The summed E-state index contributed by atoms with van der Waals surface area (Å²) in [7, 11) is 1.72. The molecule has 0 bridgehead atoms. The summed E-state index contributed by atoms with van der Waals surface area (Å²) in [5.41, 5.74) is 1.81. The van der Waals surface area contributed by atoms with Gasteiger partial charge < -0.3 is 20.7 Å². The lowest BCUT2D eigenvalue weighted by Gasteiger charge is -2.07. The van der Waals surface area contributed by atoms with Gasteiger partial charge in [0.05, 0.1) is 10.8 Å². The average Bonchev–Trinajstić information content (AvgIpc) is 3.22. The molecular formula is C17H16BrN7O4. The van der Waals surface area contributed by atoms with Crippen LogP contribution >= 0.6 is 15.9 Å². The fourth-order valence-electron chi connectivity index (χ4n) is 2.48. The Morgan fingerprint density at radius 2 is 1.76 bits per heavy atom. The van der Waals surface area contributed by atoms with Crippen LogP contribution in [0.2, 0.25) is 0 Å². The van der Waals surface area contributed by atoms with Gasteiger partial charge in [0, 0.05) is 24.6 Å². The number of nitrogens with one attached hydrogen (secondary N) is 2. The lowest BCUT2D eigenvalue weighted by atomic mass is 10.2. The maximum Gasteiger partial charge on any atom is 0.404 e. The second-order valence-electron chi connectivity index (χ2n) is 6.09. The SMILES string of the molecule is Cc1c(Br)c([N+](=O)[O-])nn1CC(=O)Nc1ccc(NC(=O)c2ccn(C)n2)cc1. The van der Waals surface area contributed by atoms with Crippen molar-refractivity contribution in [3.63, 3.8) is 0 Å². The molecule has 2 heterocycles. The molecule has 0 aliphatic rings. The molecule has 0 spiro atoms. The van der Waals surface area contributed by atoms with Gasteiger partial charge in [-0.1, -0.05) is 0 Å². The number of amides is 2. The molecule has 3 rings (SSSR count). The lowest BCUT2D eigenvalue weighted by molar-refractivity contribution is -0.390. The van der Waals surface area contributed by atoms with Crippen molar-refractivity contribution in [3.8, 4) is 0 Å². The number of aromatic nitrogens is 4. The number of nitro groups is 1. The summed E-state index contributed by atoms with van der Waals surface area (Å²) in [5.74, 6) is -1.09. The Labute approximate surface area is 173 Å². The van der Waals surface area contributed by atoms with E-state index in [0.29, 0.717) is 22.8 Å². The molecule has 3 aromatic rings. The van der Waals surface area contributed by atoms with Crippen LogP contribution in [0.5, 0.6) is 0 Å². The normalized spacial score (nSPS) is 10.6. The molecule has 0 unspecified atom stereocenters. The predicted molar refractivity (Wildman–Crippen MR) is 108 cm³/mol. The molecule has 0 aliphatic heterocycles. The molecule has 0 radical (unpaired) electrons. The molecule has 150 valence electrons. The Hall–Kier alpha value is -3.54. The van der Waals surface area contributed by atoms with E-state index < -0.39 is 10.8 Å². The van der Waals surface area contributed by atoms with Crippen molar-refractivity contribution in [3.05, 3.63) is 62.5 Å². The topological polar surface area (TPSA) is 137 Å². The third kappa shape index (κ3) is 4.66. The molecule has 0 aliphatic carbocycles. The van der Waals surface area contributed by atoms with Gasteiger partial charge in [0.25, 0.3) is 5.91 Å². The molecule has 2 amide bonds. The summed E-state index contributed by atoms with van der Waals surface area (Å²) in [6.07, 6.45) is 1.67. The van der Waals surface area contributed by atoms with Crippen LogP contribution in [0.4, 0.5) is 17.2 Å². The second kappa shape index (κ2) is 8.22. The van der Waals surface area contributed by atoms with E-state index in [-0.39, 0.29) is 22.7 Å². The van der Waals surface area contributed by atoms with Gasteiger partial charge in [0.2, 0.25) is 5.91 Å². The van der Waals surface area contributed by atoms with Gasteiger partial charge in [-0.05, 0) is 58.1 Å². The molecule has 11 nitrogen and oxygen atoms in total. The third-order valence-corrected chi connectivity index (χ3v) is 4.88. The molecule has 12 heteroatoms. The number of hydrogen-bond acceptors (Lipinski definition) is 6. The zero-order valence-electron chi connectivity index (χ0n) is 15.4. The Morgan fingerprint density at radius 3 is 2.28 bits per heavy atom. The van der Waals surface area contributed by atoms with Gasteiger partial charge in [-0.25, -0.2) is 0 Å². The first-order valence-electron chi connectivity index (χ1n) is 8.33. The van der Waals surface area contributed by atoms with Gasteiger partial charge in [0.1, 0.15) is 11.0 Å². The summed E-state index contributed by atoms with van der Waals surface area (Å²) in [6, 6.07) is 8.12. The first-order chi connectivity index (χ1) is 13.7. The fourth-order valence-corrected chi connectivity index (χ4v) is 2.91. The van der Waals surface area contributed by atoms with E-state index in [1.807, 2.05) is 0 Å². The zero-order valence-corrected chi connectivity index (χ0v) is 17.0. The van der Waals surface area contributed by atoms with E-state index in [9.17, 15) is 19.7 Å². The van der Waals surface area contributed by atoms with E-state index in [1.54, 1.807) is 50.5 Å². The van der Waals surface area contributed by atoms with Crippen molar-refractivity contribution in [2.45, 2.75) is 13.5 Å². The van der Waals surface area contributed by atoms with Crippen molar-refractivity contribution >= 4 is 44.9 Å². The largest absolute Gasteiger partial charge is 0.404 e. The van der Waals surface area contributed by atoms with Crippen LogP contribution in [0.25, 0.3) is 0 Å². The van der Waals surface area contributed by atoms with Crippen LogP contribution < -0.4 is 10.6 Å². The Morgan fingerprint density at radius 1 is 1.14 bits per heavy atom. The Balaban J connectivity index is 1.61. The number of benzene rings is 1. The van der Waals surface area contributed by atoms with E-state index in [4.69, 9.17) is 0 Å². The summed E-state index contributed by atoms with van der Waals surface area (Å²) in [4.78, 5) is 34.6. The van der Waals surface area contributed by atoms with Gasteiger partial charge in [-0.3, -0.25) is 14.3 Å². The molecule has 1 aromatic carbocycles. The maximum absolute atomic E-state index is 12.2. The van der Waals surface area contributed by atoms with E-state index in [2.05, 4.69) is 36.8 Å². The van der Waals surface area contributed by atoms with Crippen LogP contribution in [-0.2, 0) is 18.4 Å². The van der Waals surface area contributed by atoms with E-state index >= 15 is 0 Å². The van der Waals surface area contributed by atoms with Gasteiger partial charge in [0.15, 0.2) is 5.69 Å². The summed E-state index contributed by atoms with van der Waals surface area (Å²) < 4.78 is 3.02. The molecule has 2 aromatic heterocycles. The van der Waals surface area contributed by atoms with Crippen LogP contribution in [0.3, 0.4) is 0 Å². The smallest absolute Gasteiger partial charge is 0.358 e. The first-order valence-corrected chi connectivity index (χ1v) is 9.12. The minimum Gasteiger partial charge on any atom is -0.358 e. The number of carbonyl (C=O) groups excluding carboxylic acids is 2. The van der Waals surface area contributed by atoms with Crippen LogP contribution in [0.1, 0.15) is 16.2 Å². The molecule has 0 atom stereocenters. The van der Waals surface area contributed by atoms with Crippen molar-refractivity contribution in [2.75, 3.05) is 10.6 Å². The third-order valence-electron chi connectivity index (χ3n) is 3.96. The highest BCUT2D eigenvalue weighted by atomic mass is 79.9. The minimum absolute atomic E-state index is 0.184. The average molecular weight is 462 g/mol. The monoisotopic (exact) mass is 461 g/mol. The maximum atomic E-state index is 12.2. The fraction of sp³-hybridized carbons (Fsp3) is 0.176. The van der Waals surface area contributed by atoms with Crippen LogP contribution in [-0.4, -0.2) is 36.3 Å². The molecule has 29 heavy (non-hydrogen) atoms. The van der Waals surface area contributed by atoms with Gasteiger partial charge in [-0.15, -0.1) is 0 Å². The number of nitrogens with zero attached hydrogens (tertiary/aromatic N) is 5. The minimum atomic E-state index is -0.622. The van der Waals surface area contributed by atoms with E-state index in [1.165, 1.54) is 9.36 Å². The number of hydrogen-bond donors (Lipinski definition) is 2. The molecule has 0 saturated carbocycles. The van der Waals surface area contributed by atoms with Crippen LogP contribution in [0.15, 0.2) is 41.0 Å². The van der Waals surface area contributed by atoms with Crippen LogP contribution in [0, 0.1) is 17.0 Å². The quantitative estimate of drug-likeness (QED) is 0.427. The highest BCUT2D eigenvalue weighted by Crippen LogP contribution is 2.26. The number of carbonyl (C=O) groups is 2. The summed E-state index contributed by atoms with van der Waals surface area (Å²) >= 11 is 3.11. The molecule has 0 fully saturated rings. The number of anilines is 2. The predicted octanol–water partition coefficient (Wildman–Crippen LogP) is 2.49.